The van der Waals surface area contributed by atoms with Crippen molar-refractivity contribution in [2.75, 3.05) is 39.4 Å². The maximum absolute atomic E-state index is 14.1. The summed E-state index contributed by atoms with van der Waals surface area (Å²) < 4.78 is 227. The predicted octanol–water partition coefficient (Wildman–Crippen LogP) is 4.95. The van der Waals surface area contributed by atoms with Crippen LogP contribution in [0.5, 0.6) is 0 Å². The van der Waals surface area contributed by atoms with Crippen molar-refractivity contribution in [2.45, 2.75) is 54.1 Å². The van der Waals surface area contributed by atoms with Gasteiger partial charge in [0, 0.05) is 44.4 Å². The molecule has 2 N–H and O–H groups in total. The highest BCUT2D eigenvalue weighted by Crippen LogP contribution is 2.64. The van der Waals surface area contributed by atoms with Crippen LogP contribution in [0, 0.1) is 0 Å². The summed E-state index contributed by atoms with van der Waals surface area (Å²) >= 11 is 0. The van der Waals surface area contributed by atoms with Gasteiger partial charge in [0.2, 0.25) is 0 Å². The smallest absolute Gasteiger partial charge is 0.395 e. The second-order valence-electron chi connectivity index (χ2n) is 8.61. The van der Waals surface area contributed by atoms with Crippen LogP contribution in [0.15, 0.2) is 23.9 Å². The van der Waals surface area contributed by atoms with Gasteiger partial charge in [-0.25, -0.2) is 0 Å². The van der Waals surface area contributed by atoms with E-state index in [0.29, 0.717) is 11.1 Å². The molecule has 1 heterocycles. The molecule has 0 aromatic heterocycles. The molecule has 246 valence electrons. The Morgan fingerprint density at radius 1 is 0.690 bits per heavy atom. The molecule has 22 heteroatoms. The molecule has 1 rings (SSSR count). The summed E-state index contributed by atoms with van der Waals surface area (Å²) in [7, 11) is 0. The summed E-state index contributed by atoms with van der Waals surface area (Å²) in [6.07, 6.45) is -7.98. The van der Waals surface area contributed by atoms with Crippen LogP contribution in [0.25, 0.3) is 0 Å². The molecule has 0 bridgehead atoms. The first kappa shape index (κ1) is 37.5. The van der Waals surface area contributed by atoms with E-state index in [1.165, 1.54) is 0 Å². The van der Waals surface area contributed by atoms with Crippen LogP contribution in [0.3, 0.4) is 0 Å². The monoisotopic (exact) mass is 658 g/mol. The van der Waals surface area contributed by atoms with Crippen LogP contribution in [-0.2, 0) is 4.79 Å². The minimum Gasteiger partial charge on any atom is -0.395 e. The number of amides is 1. The fourth-order valence-corrected chi connectivity index (χ4v) is 3.23. The maximum Gasteiger partial charge on any atom is 0.460 e. The highest BCUT2D eigenvalue weighted by atomic mass is 19.4. The lowest BCUT2D eigenvalue weighted by Crippen LogP contribution is -2.74. The standard InChI is InChI=1S/C20H19F17N2O3/c21-13(22,3-6-38-4-1-11(2-5-38)12(42)39(7-9-40)8-10-41)14(23,24)15(25,26)16(27,28)17(29,30)18(31,32)19(33,34)20(35,36)37/h1-2,4,40-41H,3,5-10H2. The van der Waals surface area contributed by atoms with E-state index in [9.17, 15) is 79.4 Å². The molecule has 0 aromatic carbocycles. The minimum atomic E-state index is -8.68. The molecule has 1 amide bonds. The zero-order valence-electron chi connectivity index (χ0n) is 20.3. The summed E-state index contributed by atoms with van der Waals surface area (Å²) in [6, 6.07) is 0. The second kappa shape index (κ2) is 11.9. The zero-order valence-corrected chi connectivity index (χ0v) is 20.3. The van der Waals surface area contributed by atoms with Crippen molar-refractivity contribution in [2.24, 2.45) is 0 Å². The molecule has 0 unspecified atom stereocenters. The third-order valence-electron chi connectivity index (χ3n) is 5.78. The Kier molecular flexibility index (Phi) is 10.6. The van der Waals surface area contributed by atoms with Crippen LogP contribution in [0.1, 0.15) is 6.42 Å². The van der Waals surface area contributed by atoms with Gasteiger partial charge >= 0.3 is 47.6 Å². The minimum absolute atomic E-state index is 0.227. The number of carbonyl (C=O) groups is 1. The predicted molar refractivity (Wildman–Crippen MR) is 105 cm³/mol. The number of aliphatic hydroxyl groups is 2. The van der Waals surface area contributed by atoms with Crippen LogP contribution in [0.4, 0.5) is 74.6 Å². The van der Waals surface area contributed by atoms with Crippen molar-refractivity contribution in [1.82, 2.24) is 9.80 Å². The molecule has 0 spiro atoms. The normalized spacial score (nSPS) is 16.5. The molecule has 0 aromatic rings. The van der Waals surface area contributed by atoms with Crippen molar-refractivity contribution >= 4 is 5.91 Å². The number of halogens is 17. The third kappa shape index (κ3) is 6.09. The molecule has 0 radical (unpaired) electrons. The number of hydrogen-bond donors (Lipinski definition) is 2. The summed E-state index contributed by atoms with van der Waals surface area (Å²) in [5, 5.41) is 17.8. The quantitative estimate of drug-likeness (QED) is 0.260. The van der Waals surface area contributed by atoms with Gasteiger partial charge in [0.25, 0.3) is 5.91 Å². The molecule has 0 fully saturated rings. The van der Waals surface area contributed by atoms with E-state index >= 15 is 0 Å². The molecule has 0 saturated carbocycles. The topological polar surface area (TPSA) is 64.0 Å². The average molecular weight is 658 g/mol. The lowest BCUT2D eigenvalue weighted by atomic mass is 9.88. The van der Waals surface area contributed by atoms with Crippen LogP contribution < -0.4 is 0 Å². The van der Waals surface area contributed by atoms with Gasteiger partial charge in [-0.3, -0.25) is 4.79 Å². The van der Waals surface area contributed by atoms with Gasteiger partial charge in [-0.15, -0.1) is 0 Å². The molecular formula is C20H19F17N2O3. The summed E-state index contributed by atoms with van der Waals surface area (Å²) in [5.41, 5.74) is -0.227. The van der Waals surface area contributed by atoms with Gasteiger partial charge in [0.1, 0.15) is 0 Å². The third-order valence-corrected chi connectivity index (χ3v) is 5.78. The lowest BCUT2D eigenvalue weighted by Gasteiger charge is -2.43. The van der Waals surface area contributed by atoms with Gasteiger partial charge in [-0.1, -0.05) is 6.08 Å². The zero-order chi connectivity index (χ0) is 33.4. The summed E-state index contributed by atoms with van der Waals surface area (Å²) in [4.78, 5) is 13.7. The first-order chi connectivity index (χ1) is 18.6. The Balaban J connectivity index is 3.20. The lowest BCUT2D eigenvalue weighted by molar-refractivity contribution is -0.461. The number of nitrogens with zero attached hydrogens (tertiary/aromatic N) is 2. The molecule has 0 aliphatic carbocycles. The van der Waals surface area contributed by atoms with E-state index < -0.39 is 86.3 Å². The van der Waals surface area contributed by atoms with E-state index in [4.69, 9.17) is 10.2 Å². The van der Waals surface area contributed by atoms with Crippen molar-refractivity contribution < 1.29 is 89.6 Å². The molecule has 1 aliphatic rings. The summed E-state index contributed by atoms with van der Waals surface area (Å²) in [5.74, 6) is -57.5. The number of rotatable bonds is 14. The SMILES string of the molecule is O=C(C1=CCN(CCC(F)(F)C(F)(F)C(F)(F)C(F)(F)C(F)(F)C(F)(F)C(F)(F)C(F)(F)F)C=C1)N(CCO)CCO. The first-order valence-corrected chi connectivity index (χ1v) is 11.0. The van der Waals surface area contributed by atoms with Crippen molar-refractivity contribution in [1.29, 1.82) is 0 Å². The van der Waals surface area contributed by atoms with E-state index in [1.54, 1.807) is 0 Å². The number of alkyl halides is 17. The van der Waals surface area contributed by atoms with Gasteiger partial charge in [0.05, 0.1) is 13.2 Å². The van der Waals surface area contributed by atoms with Crippen molar-refractivity contribution in [3.8, 4) is 0 Å². The van der Waals surface area contributed by atoms with Gasteiger partial charge < -0.3 is 20.0 Å². The molecule has 0 saturated heterocycles. The highest BCUT2D eigenvalue weighted by Gasteiger charge is 2.95. The van der Waals surface area contributed by atoms with E-state index in [0.717, 1.165) is 17.1 Å². The average Bonchev–Trinajstić information content (AvgIpc) is 2.85. The summed E-state index contributed by atoms with van der Waals surface area (Å²) in [6.45, 7) is -3.84. The van der Waals surface area contributed by atoms with E-state index in [2.05, 4.69) is 0 Å². The van der Waals surface area contributed by atoms with Gasteiger partial charge in [-0.05, 0) is 6.08 Å². The van der Waals surface area contributed by atoms with Gasteiger partial charge in [-0.2, -0.15) is 74.6 Å². The Bertz CT molecular complexity index is 1020. The number of hydrogen-bond acceptors (Lipinski definition) is 4. The fraction of sp³-hybridized carbons (Fsp3) is 0.750. The Morgan fingerprint density at radius 3 is 1.45 bits per heavy atom. The molecule has 42 heavy (non-hydrogen) atoms. The van der Waals surface area contributed by atoms with Crippen LogP contribution >= 0.6 is 0 Å². The second-order valence-corrected chi connectivity index (χ2v) is 8.61. The van der Waals surface area contributed by atoms with Crippen LogP contribution in [-0.4, -0.2) is 113 Å². The largest absolute Gasteiger partial charge is 0.460 e. The fourth-order valence-electron chi connectivity index (χ4n) is 3.23. The Labute approximate surface area is 223 Å². The Hall–Kier alpha value is -2.52. The first-order valence-electron chi connectivity index (χ1n) is 11.0. The molecular weight excluding hydrogens is 639 g/mol. The van der Waals surface area contributed by atoms with E-state index in [-0.39, 0.29) is 18.7 Å². The van der Waals surface area contributed by atoms with Gasteiger partial charge in [0.15, 0.2) is 0 Å². The van der Waals surface area contributed by atoms with Crippen molar-refractivity contribution in [3.05, 3.63) is 23.9 Å². The van der Waals surface area contributed by atoms with E-state index in [1.807, 2.05) is 0 Å². The Morgan fingerprint density at radius 2 is 1.10 bits per heavy atom. The molecule has 0 atom stereocenters. The van der Waals surface area contributed by atoms with Crippen molar-refractivity contribution in [3.63, 3.8) is 0 Å². The number of aliphatic hydroxyl groups excluding tert-OH is 2. The molecule has 1 aliphatic heterocycles. The number of carbonyl (C=O) groups excluding carboxylic acids is 1. The molecule has 5 nitrogen and oxygen atoms in total. The highest BCUT2D eigenvalue weighted by molar-refractivity contribution is 5.96. The van der Waals surface area contributed by atoms with Crippen LogP contribution in [0.2, 0.25) is 0 Å². The maximum atomic E-state index is 14.1.